The Morgan fingerprint density at radius 3 is 2.74 bits per heavy atom. The summed E-state index contributed by atoms with van der Waals surface area (Å²) in [6, 6.07) is 3.58. The fourth-order valence-electron chi connectivity index (χ4n) is 3.79. The summed E-state index contributed by atoms with van der Waals surface area (Å²) >= 11 is 5.21. The monoisotopic (exact) mass is 335 g/mol. The summed E-state index contributed by atoms with van der Waals surface area (Å²) in [5.74, 6) is -0.0787. The van der Waals surface area contributed by atoms with Crippen molar-refractivity contribution >= 4 is 18.1 Å². The molecule has 0 aromatic carbocycles. The zero-order chi connectivity index (χ0) is 16.1. The Bertz CT molecular complexity index is 590. The van der Waals surface area contributed by atoms with E-state index < -0.39 is 0 Å². The maximum absolute atomic E-state index is 12.5. The molecule has 2 aliphatic rings. The number of amides is 1. The molecule has 2 heterocycles. The van der Waals surface area contributed by atoms with E-state index in [0.29, 0.717) is 16.7 Å². The molecule has 1 aliphatic carbocycles. The average Bonchev–Trinajstić information content (AvgIpc) is 2.62. The third-order valence-corrected chi connectivity index (χ3v) is 5.44. The van der Waals surface area contributed by atoms with Crippen molar-refractivity contribution in [3.05, 3.63) is 28.5 Å². The number of morpholine rings is 1. The van der Waals surface area contributed by atoms with Crippen molar-refractivity contribution in [3.8, 4) is 0 Å². The lowest BCUT2D eigenvalue weighted by Crippen LogP contribution is -2.59. The zero-order valence-electron chi connectivity index (χ0n) is 13.5. The number of carbonyl (C=O) groups excluding carboxylic acids is 1. The standard InChI is InChI=1S/C17H25N3O2S/c21-15(14-5-4-8-18-16(14)23)19-13-17(6-2-1-3-7-17)20-9-11-22-12-10-20/h4-5,8H,1-3,6-7,9-13H2,(H,18,23)(H,19,21). The Kier molecular flexibility index (Phi) is 5.46. The minimum absolute atomic E-state index is 0.0787. The van der Waals surface area contributed by atoms with Crippen molar-refractivity contribution in [1.29, 1.82) is 0 Å². The van der Waals surface area contributed by atoms with Crippen molar-refractivity contribution < 1.29 is 9.53 Å². The van der Waals surface area contributed by atoms with Crippen LogP contribution < -0.4 is 5.32 Å². The van der Waals surface area contributed by atoms with Crippen LogP contribution in [0.2, 0.25) is 0 Å². The molecule has 6 heteroatoms. The second kappa shape index (κ2) is 7.55. The van der Waals surface area contributed by atoms with Crippen LogP contribution in [-0.4, -0.2) is 54.2 Å². The summed E-state index contributed by atoms with van der Waals surface area (Å²) in [7, 11) is 0. The highest BCUT2D eigenvalue weighted by Crippen LogP contribution is 2.33. The molecule has 1 aromatic heterocycles. The van der Waals surface area contributed by atoms with Gasteiger partial charge in [0.25, 0.3) is 5.91 Å². The normalized spacial score (nSPS) is 21.7. The molecule has 0 bridgehead atoms. The first-order chi connectivity index (χ1) is 11.2. The van der Waals surface area contributed by atoms with E-state index in [2.05, 4.69) is 15.2 Å². The van der Waals surface area contributed by atoms with Gasteiger partial charge in [0.15, 0.2) is 0 Å². The fraction of sp³-hybridized carbons (Fsp3) is 0.647. The number of carbonyl (C=O) groups is 1. The molecular formula is C17H25N3O2S. The highest BCUT2D eigenvalue weighted by atomic mass is 32.1. The van der Waals surface area contributed by atoms with E-state index in [0.717, 1.165) is 39.1 Å². The summed E-state index contributed by atoms with van der Waals surface area (Å²) < 4.78 is 5.99. The minimum atomic E-state index is -0.0787. The third kappa shape index (κ3) is 3.82. The number of aromatic nitrogens is 1. The number of rotatable bonds is 4. The molecule has 2 N–H and O–H groups in total. The van der Waals surface area contributed by atoms with Crippen LogP contribution in [0.1, 0.15) is 42.5 Å². The molecule has 0 radical (unpaired) electrons. The Hall–Kier alpha value is -1.24. The number of aromatic amines is 1. The van der Waals surface area contributed by atoms with Gasteiger partial charge in [-0.15, -0.1) is 0 Å². The van der Waals surface area contributed by atoms with Crippen LogP contribution in [0.3, 0.4) is 0 Å². The second-order valence-corrected chi connectivity index (χ2v) is 6.89. The zero-order valence-corrected chi connectivity index (χ0v) is 14.3. The Morgan fingerprint density at radius 1 is 1.30 bits per heavy atom. The van der Waals surface area contributed by atoms with E-state index in [-0.39, 0.29) is 11.4 Å². The molecular weight excluding hydrogens is 310 g/mol. The second-order valence-electron chi connectivity index (χ2n) is 6.48. The van der Waals surface area contributed by atoms with Gasteiger partial charge in [-0.25, -0.2) is 0 Å². The number of nitrogens with one attached hydrogen (secondary N) is 2. The summed E-state index contributed by atoms with van der Waals surface area (Å²) in [6.45, 7) is 4.19. The Balaban J connectivity index is 1.70. The van der Waals surface area contributed by atoms with Crippen molar-refractivity contribution in [3.63, 3.8) is 0 Å². The number of pyridine rings is 1. The number of H-pyrrole nitrogens is 1. The van der Waals surface area contributed by atoms with E-state index in [4.69, 9.17) is 17.0 Å². The van der Waals surface area contributed by atoms with E-state index in [1.165, 1.54) is 19.3 Å². The lowest BCUT2D eigenvalue weighted by atomic mass is 9.79. The molecule has 3 rings (SSSR count). The van der Waals surface area contributed by atoms with Crippen LogP contribution in [0, 0.1) is 4.64 Å². The maximum atomic E-state index is 12.5. The van der Waals surface area contributed by atoms with Crippen LogP contribution >= 0.6 is 12.2 Å². The summed E-state index contributed by atoms with van der Waals surface area (Å²) in [5, 5.41) is 3.14. The first kappa shape index (κ1) is 16.6. The first-order valence-electron chi connectivity index (χ1n) is 8.50. The lowest BCUT2D eigenvalue weighted by Gasteiger charge is -2.48. The molecule has 1 aliphatic heterocycles. The largest absolute Gasteiger partial charge is 0.379 e. The maximum Gasteiger partial charge on any atom is 0.254 e. The summed E-state index contributed by atoms with van der Waals surface area (Å²) in [5.41, 5.74) is 0.632. The molecule has 1 aromatic rings. The molecule has 0 unspecified atom stereocenters. The lowest BCUT2D eigenvalue weighted by molar-refractivity contribution is -0.0361. The number of hydrogen-bond acceptors (Lipinski definition) is 4. The Morgan fingerprint density at radius 2 is 2.04 bits per heavy atom. The molecule has 5 nitrogen and oxygen atoms in total. The topological polar surface area (TPSA) is 57.4 Å². The highest BCUT2D eigenvalue weighted by Gasteiger charge is 2.38. The smallest absolute Gasteiger partial charge is 0.254 e. The van der Waals surface area contributed by atoms with Crippen molar-refractivity contribution in [2.24, 2.45) is 0 Å². The molecule has 2 fully saturated rings. The van der Waals surface area contributed by atoms with E-state index in [1.54, 1.807) is 12.3 Å². The Labute approximate surface area is 142 Å². The molecule has 126 valence electrons. The van der Waals surface area contributed by atoms with Crippen LogP contribution in [0.15, 0.2) is 18.3 Å². The van der Waals surface area contributed by atoms with Crippen LogP contribution in [0.5, 0.6) is 0 Å². The van der Waals surface area contributed by atoms with Crippen LogP contribution in [0.4, 0.5) is 0 Å². The minimum Gasteiger partial charge on any atom is -0.379 e. The SMILES string of the molecule is O=C(NCC1(N2CCOCC2)CCCCC1)c1ccc[nH]c1=S. The molecule has 23 heavy (non-hydrogen) atoms. The number of hydrogen-bond donors (Lipinski definition) is 2. The highest BCUT2D eigenvalue weighted by molar-refractivity contribution is 7.71. The van der Waals surface area contributed by atoms with Gasteiger partial charge < -0.3 is 15.0 Å². The van der Waals surface area contributed by atoms with Crippen molar-refractivity contribution in [2.45, 2.75) is 37.6 Å². The van der Waals surface area contributed by atoms with Gasteiger partial charge in [0.1, 0.15) is 4.64 Å². The number of nitrogens with zero attached hydrogens (tertiary/aromatic N) is 1. The molecule has 1 saturated heterocycles. The van der Waals surface area contributed by atoms with Crippen molar-refractivity contribution in [2.75, 3.05) is 32.8 Å². The summed E-state index contributed by atoms with van der Waals surface area (Å²) in [6.07, 6.45) is 7.81. The third-order valence-electron chi connectivity index (χ3n) is 5.11. The molecule has 0 spiro atoms. The van der Waals surface area contributed by atoms with Crippen LogP contribution in [-0.2, 0) is 4.74 Å². The van der Waals surface area contributed by atoms with Gasteiger partial charge in [0.2, 0.25) is 0 Å². The molecule has 1 amide bonds. The van der Waals surface area contributed by atoms with Gasteiger partial charge in [-0.2, -0.15) is 0 Å². The van der Waals surface area contributed by atoms with Crippen molar-refractivity contribution in [1.82, 2.24) is 15.2 Å². The van der Waals surface area contributed by atoms with Gasteiger partial charge in [-0.3, -0.25) is 9.69 Å². The average molecular weight is 335 g/mol. The van der Waals surface area contributed by atoms with E-state index >= 15 is 0 Å². The first-order valence-corrected chi connectivity index (χ1v) is 8.91. The van der Waals surface area contributed by atoms with Gasteiger partial charge in [-0.05, 0) is 25.0 Å². The van der Waals surface area contributed by atoms with Gasteiger partial charge in [0, 0.05) is 31.4 Å². The summed E-state index contributed by atoms with van der Waals surface area (Å²) in [4.78, 5) is 17.9. The van der Waals surface area contributed by atoms with Gasteiger partial charge >= 0.3 is 0 Å². The van der Waals surface area contributed by atoms with E-state index in [1.807, 2.05) is 6.07 Å². The number of ether oxygens (including phenoxy) is 1. The predicted molar refractivity (Wildman–Crippen MR) is 92.2 cm³/mol. The van der Waals surface area contributed by atoms with E-state index in [9.17, 15) is 4.79 Å². The molecule has 0 atom stereocenters. The van der Waals surface area contributed by atoms with Gasteiger partial charge in [0.05, 0.1) is 18.8 Å². The van der Waals surface area contributed by atoms with Crippen LogP contribution in [0.25, 0.3) is 0 Å². The fourth-order valence-corrected chi connectivity index (χ4v) is 4.02. The quantitative estimate of drug-likeness (QED) is 0.830. The van der Waals surface area contributed by atoms with Gasteiger partial charge in [-0.1, -0.05) is 31.5 Å². The molecule has 1 saturated carbocycles. The predicted octanol–water partition coefficient (Wildman–Crippen LogP) is 2.51.